The summed E-state index contributed by atoms with van der Waals surface area (Å²) in [5.41, 5.74) is 0.992. The number of nitrogens with zero attached hydrogens (tertiary/aromatic N) is 3. The Morgan fingerprint density at radius 3 is 2.41 bits per heavy atom. The van der Waals surface area contributed by atoms with Crippen molar-refractivity contribution < 1.29 is 0 Å². The van der Waals surface area contributed by atoms with Crippen LogP contribution < -0.4 is 15.5 Å². The van der Waals surface area contributed by atoms with E-state index < -0.39 is 0 Å². The molecule has 0 amide bonds. The number of thiophene rings is 1. The van der Waals surface area contributed by atoms with E-state index in [0.717, 1.165) is 48.5 Å². The largest absolute Gasteiger partial charge is 0.362 e. The zero-order chi connectivity index (χ0) is 20.2. The van der Waals surface area contributed by atoms with Crippen LogP contribution in [0.1, 0.15) is 42.4 Å². The Morgan fingerprint density at radius 2 is 1.69 bits per heavy atom. The molecule has 2 heterocycles. The zero-order valence-electron chi connectivity index (χ0n) is 17.6. The second-order valence-corrected chi connectivity index (χ2v) is 9.33. The second-order valence-electron chi connectivity index (χ2n) is 8.08. The summed E-state index contributed by atoms with van der Waals surface area (Å²) in [6.45, 7) is 3.21. The van der Waals surface area contributed by atoms with E-state index in [-0.39, 0.29) is 0 Å². The third-order valence-corrected chi connectivity index (χ3v) is 6.93. The van der Waals surface area contributed by atoms with E-state index in [1.807, 2.05) is 37.6 Å². The molecule has 1 saturated carbocycles. The van der Waals surface area contributed by atoms with Gasteiger partial charge in [0.1, 0.15) is 5.82 Å². The third kappa shape index (κ3) is 4.87. The first-order valence-corrected chi connectivity index (χ1v) is 11.5. The second kappa shape index (κ2) is 9.09. The van der Waals surface area contributed by atoms with Crippen LogP contribution in [0.2, 0.25) is 0 Å². The molecule has 0 bridgehead atoms. The van der Waals surface area contributed by atoms with Crippen LogP contribution in [0, 0.1) is 0 Å². The summed E-state index contributed by atoms with van der Waals surface area (Å²) in [6.07, 6.45) is 5.81. The highest BCUT2D eigenvalue weighted by Crippen LogP contribution is 2.26. The van der Waals surface area contributed by atoms with Gasteiger partial charge in [-0.2, -0.15) is 4.98 Å². The maximum atomic E-state index is 4.79. The summed E-state index contributed by atoms with van der Waals surface area (Å²) >= 11 is 1.93. The molecule has 2 aromatic heterocycles. The Hall–Kier alpha value is -2.18. The normalized spacial score (nSPS) is 19.4. The topological polar surface area (TPSA) is 53.1 Å². The van der Waals surface area contributed by atoms with Crippen LogP contribution in [-0.4, -0.2) is 36.1 Å². The van der Waals surface area contributed by atoms with E-state index in [0.29, 0.717) is 12.1 Å². The first kappa shape index (κ1) is 20.1. The third-order valence-electron chi connectivity index (χ3n) is 5.70. The van der Waals surface area contributed by atoms with Crippen molar-refractivity contribution in [3.8, 4) is 0 Å². The average Bonchev–Trinajstić information content (AvgIpc) is 3.21. The van der Waals surface area contributed by atoms with Gasteiger partial charge < -0.3 is 15.5 Å². The van der Waals surface area contributed by atoms with Gasteiger partial charge in [0.25, 0.3) is 0 Å². The summed E-state index contributed by atoms with van der Waals surface area (Å²) < 4.78 is 0. The van der Waals surface area contributed by atoms with Crippen LogP contribution in [-0.2, 0) is 13.0 Å². The van der Waals surface area contributed by atoms with Crippen LogP contribution in [0.15, 0.2) is 36.4 Å². The number of aryl methyl sites for hydroxylation is 1. The van der Waals surface area contributed by atoms with E-state index in [2.05, 4.69) is 46.7 Å². The molecular formula is C23H31N5S. The van der Waals surface area contributed by atoms with Crippen LogP contribution in [0.25, 0.3) is 10.9 Å². The lowest BCUT2D eigenvalue weighted by molar-refractivity contribution is 0.353. The minimum atomic E-state index is 0.442. The molecule has 1 fully saturated rings. The zero-order valence-corrected chi connectivity index (χ0v) is 18.4. The van der Waals surface area contributed by atoms with Gasteiger partial charge in [-0.15, -0.1) is 11.3 Å². The smallest absolute Gasteiger partial charge is 0.225 e. The van der Waals surface area contributed by atoms with Gasteiger partial charge >= 0.3 is 0 Å². The number of benzene rings is 1. The van der Waals surface area contributed by atoms with Crippen molar-refractivity contribution in [1.29, 1.82) is 0 Å². The molecule has 5 nitrogen and oxygen atoms in total. The standard InChI is InChI=1S/C23H31N5S/c1-4-18-13-14-19(29-18)15-24-16-9-11-17(12-10-16)25-23-26-21-8-6-5-7-20(21)22(27-23)28(2)3/h5-8,13-14,16-17,24H,4,9-12,15H2,1-3H3,(H,25,26,27)/t16-,17+. The molecule has 0 saturated heterocycles. The minimum Gasteiger partial charge on any atom is -0.362 e. The number of hydrogen-bond acceptors (Lipinski definition) is 6. The predicted molar refractivity (Wildman–Crippen MR) is 124 cm³/mol. The van der Waals surface area contributed by atoms with Gasteiger partial charge in [-0.05, 0) is 56.4 Å². The lowest BCUT2D eigenvalue weighted by Crippen LogP contribution is -2.36. The molecule has 0 aliphatic heterocycles. The first-order chi connectivity index (χ1) is 14.1. The number of para-hydroxylation sites is 1. The maximum absolute atomic E-state index is 4.79. The van der Waals surface area contributed by atoms with Crippen molar-refractivity contribution in [2.45, 2.75) is 57.7 Å². The Balaban J connectivity index is 1.33. The molecule has 1 aliphatic carbocycles. The van der Waals surface area contributed by atoms with E-state index in [1.165, 1.54) is 22.6 Å². The van der Waals surface area contributed by atoms with Gasteiger partial charge in [0, 0.05) is 47.9 Å². The molecule has 3 aromatic rings. The fourth-order valence-electron chi connectivity index (χ4n) is 4.04. The lowest BCUT2D eigenvalue weighted by Gasteiger charge is -2.30. The number of aromatic nitrogens is 2. The highest BCUT2D eigenvalue weighted by atomic mass is 32.1. The minimum absolute atomic E-state index is 0.442. The molecule has 6 heteroatoms. The van der Waals surface area contributed by atoms with E-state index in [9.17, 15) is 0 Å². The van der Waals surface area contributed by atoms with Crippen LogP contribution in [0.4, 0.5) is 11.8 Å². The molecule has 0 spiro atoms. The van der Waals surface area contributed by atoms with Crippen molar-refractivity contribution in [3.05, 3.63) is 46.2 Å². The van der Waals surface area contributed by atoms with Crippen molar-refractivity contribution in [2.24, 2.45) is 0 Å². The Labute approximate surface area is 177 Å². The molecule has 4 rings (SSSR count). The van der Waals surface area contributed by atoms with Gasteiger partial charge in [-0.25, -0.2) is 4.98 Å². The van der Waals surface area contributed by atoms with Gasteiger partial charge in [0.15, 0.2) is 0 Å². The summed E-state index contributed by atoms with van der Waals surface area (Å²) in [6, 6.07) is 13.8. The van der Waals surface area contributed by atoms with Crippen LogP contribution in [0.5, 0.6) is 0 Å². The average molecular weight is 410 g/mol. The molecular weight excluding hydrogens is 378 g/mol. The SMILES string of the molecule is CCc1ccc(CN[C@H]2CC[C@@H](Nc3nc(N(C)C)c4ccccc4n3)CC2)s1. The Kier molecular flexibility index (Phi) is 6.31. The summed E-state index contributed by atoms with van der Waals surface area (Å²) in [4.78, 5) is 14.5. The van der Waals surface area contributed by atoms with Crippen molar-refractivity contribution in [3.63, 3.8) is 0 Å². The van der Waals surface area contributed by atoms with E-state index in [1.54, 1.807) is 0 Å². The molecule has 29 heavy (non-hydrogen) atoms. The molecule has 2 N–H and O–H groups in total. The predicted octanol–water partition coefficient (Wildman–Crippen LogP) is 4.83. The molecule has 0 radical (unpaired) electrons. The lowest BCUT2D eigenvalue weighted by atomic mass is 9.91. The van der Waals surface area contributed by atoms with Gasteiger partial charge in [0.05, 0.1) is 5.52 Å². The van der Waals surface area contributed by atoms with Crippen molar-refractivity contribution >= 4 is 34.0 Å². The Bertz CT molecular complexity index is 943. The van der Waals surface area contributed by atoms with Gasteiger partial charge in [-0.3, -0.25) is 0 Å². The molecule has 154 valence electrons. The summed E-state index contributed by atoms with van der Waals surface area (Å²) in [7, 11) is 4.07. The molecule has 0 atom stereocenters. The Morgan fingerprint density at radius 1 is 0.966 bits per heavy atom. The summed E-state index contributed by atoms with van der Waals surface area (Å²) in [5.74, 6) is 1.71. The van der Waals surface area contributed by atoms with Gasteiger partial charge in [0.2, 0.25) is 5.95 Å². The highest BCUT2D eigenvalue weighted by Gasteiger charge is 2.22. The number of nitrogens with one attached hydrogen (secondary N) is 2. The quantitative estimate of drug-likeness (QED) is 0.585. The van der Waals surface area contributed by atoms with E-state index in [4.69, 9.17) is 9.97 Å². The number of hydrogen-bond donors (Lipinski definition) is 2. The number of rotatable bonds is 7. The number of fused-ring (bicyclic) bond motifs is 1. The monoisotopic (exact) mass is 409 g/mol. The number of anilines is 2. The maximum Gasteiger partial charge on any atom is 0.225 e. The summed E-state index contributed by atoms with van der Waals surface area (Å²) in [5, 5.41) is 8.44. The molecule has 1 aliphatic rings. The van der Waals surface area contributed by atoms with Crippen LogP contribution in [0.3, 0.4) is 0 Å². The van der Waals surface area contributed by atoms with Crippen LogP contribution >= 0.6 is 11.3 Å². The highest BCUT2D eigenvalue weighted by molar-refractivity contribution is 7.11. The van der Waals surface area contributed by atoms with E-state index >= 15 is 0 Å². The molecule has 1 aromatic carbocycles. The fraction of sp³-hybridized carbons (Fsp3) is 0.478. The molecule has 0 unspecified atom stereocenters. The first-order valence-electron chi connectivity index (χ1n) is 10.6. The van der Waals surface area contributed by atoms with Gasteiger partial charge in [-0.1, -0.05) is 19.1 Å². The fourth-order valence-corrected chi connectivity index (χ4v) is 4.95. The van der Waals surface area contributed by atoms with Crippen molar-refractivity contribution in [1.82, 2.24) is 15.3 Å². The van der Waals surface area contributed by atoms with Crippen molar-refractivity contribution in [2.75, 3.05) is 24.3 Å².